The lowest BCUT2D eigenvalue weighted by atomic mass is 10.1. The van der Waals surface area contributed by atoms with Crippen LogP contribution in [0.5, 0.6) is 0 Å². The molecular weight excluding hydrogens is 268 g/mol. The Morgan fingerprint density at radius 1 is 1.25 bits per heavy atom. The molecule has 1 aromatic carbocycles. The number of nitrogens with zero attached hydrogens (tertiary/aromatic N) is 3. The van der Waals surface area contributed by atoms with Crippen LogP contribution in [0.25, 0.3) is 0 Å². The third-order valence-corrected chi connectivity index (χ3v) is 4.42. The average Bonchev–Trinajstić information content (AvgIpc) is 2.89. The Hall–Kier alpha value is -1.33. The summed E-state index contributed by atoms with van der Waals surface area (Å²) in [5.74, 6) is 0.950. The van der Waals surface area contributed by atoms with Gasteiger partial charge in [0.15, 0.2) is 5.16 Å². The Balaban J connectivity index is 2.04. The minimum absolute atomic E-state index is 0.340. The van der Waals surface area contributed by atoms with Gasteiger partial charge in [0.25, 0.3) is 0 Å². The summed E-state index contributed by atoms with van der Waals surface area (Å²) in [6, 6.07) is 9.22. The standard InChI is InChI=1S/C15H22N4S/c1-4-12-6-8-13(9-7-12)14(16-5-2)10-20-15-17-11-18-19(15)3/h6-9,11,14,16H,4-5,10H2,1-3H3. The van der Waals surface area contributed by atoms with Gasteiger partial charge in [0, 0.05) is 18.8 Å². The average molecular weight is 290 g/mol. The molecule has 0 aliphatic heterocycles. The molecule has 20 heavy (non-hydrogen) atoms. The molecule has 0 saturated carbocycles. The summed E-state index contributed by atoms with van der Waals surface area (Å²) in [6.45, 7) is 5.28. The molecule has 2 aromatic rings. The predicted molar refractivity (Wildman–Crippen MR) is 84.0 cm³/mol. The topological polar surface area (TPSA) is 42.7 Å². The van der Waals surface area contributed by atoms with Gasteiger partial charge in [-0.3, -0.25) is 0 Å². The molecule has 2 rings (SSSR count). The molecule has 1 atom stereocenters. The van der Waals surface area contributed by atoms with E-state index in [0.29, 0.717) is 6.04 Å². The van der Waals surface area contributed by atoms with Gasteiger partial charge in [-0.25, -0.2) is 9.67 Å². The number of aryl methyl sites for hydroxylation is 2. The molecular formula is C15H22N4S. The normalized spacial score (nSPS) is 12.6. The van der Waals surface area contributed by atoms with E-state index in [4.69, 9.17) is 0 Å². The monoisotopic (exact) mass is 290 g/mol. The molecule has 4 nitrogen and oxygen atoms in total. The lowest BCUT2D eigenvalue weighted by molar-refractivity contribution is 0.603. The van der Waals surface area contributed by atoms with Crippen molar-refractivity contribution in [2.24, 2.45) is 7.05 Å². The van der Waals surface area contributed by atoms with Crippen molar-refractivity contribution in [3.05, 3.63) is 41.7 Å². The first kappa shape index (κ1) is 15.1. The fourth-order valence-electron chi connectivity index (χ4n) is 2.08. The van der Waals surface area contributed by atoms with Crippen molar-refractivity contribution in [3.8, 4) is 0 Å². The summed E-state index contributed by atoms with van der Waals surface area (Å²) < 4.78 is 1.81. The highest BCUT2D eigenvalue weighted by atomic mass is 32.2. The Labute approximate surface area is 125 Å². The van der Waals surface area contributed by atoms with Crippen molar-refractivity contribution >= 4 is 11.8 Å². The second-order valence-electron chi connectivity index (χ2n) is 4.68. The van der Waals surface area contributed by atoms with E-state index in [0.717, 1.165) is 23.9 Å². The zero-order valence-corrected chi connectivity index (χ0v) is 13.2. The van der Waals surface area contributed by atoms with E-state index in [9.17, 15) is 0 Å². The third-order valence-electron chi connectivity index (χ3n) is 3.29. The number of rotatable bonds is 7. The van der Waals surface area contributed by atoms with E-state index in [-0.39, 0.29) is 0 Å². The van der Waals surface area contributed by atoms with E-state index in [1.807, 2.05) is 11.7 Å². The van der Waals surface area contributed by atoms with Crippen molar-refractivity contribution in [1.82, 2.24) is 20.1 Å². The predicted octanol–water partition coefficient (Wildman–Crippen LogP) is 2.82. The zero-order valence-electron chi connectivity index (χ0n) is 12.3. The van der Waals surface area contributed by atoms with E-state index >= 15 is 0 Å². The summed E-state index contributed by atoms with van der Waals surface area (Å²) in [6.07, 6.45) is 2.68. The number of aromatic nitrogens is 3. The maximum Gasteiger partial charge on any atom is 0.185 e. The van der Waals surface area contributed by atoms with Crippen LogP contribution in [-0.2, 0) is 13.5 Å². The fourth-order valence-corrected chi connectivity index (χ4v) is 3.06. The maximum atomic E-state index is 4.26. The van der Waals surface area contributed by atoms with Crippen LogP contribution in [-0.4, -0.2) is 27.1 Å². The zero-order chi connectivity index (χ0) is 14.4. The molecule has 0 fully saturated rings. The molecule has 1 unspecified atom stereocenters. The molecule has 0 aliphatic carbocycles. The van der Waals surface area contributed by atoms with Gasteiger partial charge < -0.3 is 5.32 Å². The Kier molecular flexibility index (Phi) is 5.61. The van der Waals surface area contributed by atoms with Crippen molar-refractivity contribution in [2.75, 3.05) is 12.3 Å². The molecule has 1 N–H and O–H groups in total. The summed E-state index contributed by atoms with van der Waals surface area (Å²) in [4.78, 5) is 4.26. The molecule has 108 valence electrons. The lowest BCUT2D eigenvalue weighted by Crippen LogP contribution is -2.23. The fraction of sp³-hybridized carbons (Fsp3) is 0.467. The first-order valence-corrected chi connectivity index (χ1v) is 8.02. The van der Waals surface area contributed by atoms with Crippen LogP contribution in [0.2, 0.25) is 0 Å². The number of hydrogen-bond donors (Lipinski definition) is 1. The van der Waals surface area contributed by atoms with Gasteiger partial charge in [-0.15, -0.1) is 0 Å². The third kappa shape index (κ3) is 3.84. The number of nitrogens with one attached hydrogen (secondary N) is 1. The number of thioether (sulfide) groups is 1. The molecule has 0 amide bonds. The first-order chi connectivity index (χ1) is 9.74. The van der Waals surface area contributed by atoms with E-state index in [1.54, 1.807) is 18.1 Å². The van der Waals surface area contributed by atoms with Crippen LogP contribution in [0.15, 0.2) is 35.7 Å². The largest absolute Gasteiger partial charge is 0.309 e. The molecule has 0 bridgehead atoms. The van der Waals surface area contributed by atoms with E-state index in [2.05, 4.69) is 53.5 Å². The SMILES string of the molecule is CCNC(CSc1ncnn1C)c1ccc(CC)cc1. The highest BCUT2D eigenvalue weighted by Gasteiger charge is 2.12. The molecule has 5 heteroatoms. The van der Waals surface area contributed by atoms with Crippen molar-refractivity contribution in [2.45, 2.75) is 31.5 Å². The van der Waals surface area contributed by atoms with Gasteiger partial charge in [-0.05, 0) is 24.1 Å². The van der Waals surface area contributed by atoms with E-state index < -0.39 is 0 Å². The molecule has 0 spiro atoms. The van der Waals surface area contributed by atoms with Gasteiger partial charge in [0.05, 0.1) is 0 Å². The Bertz CT molecular complexity index is 521. The van der Waals surface area contributed by atoms with Crippen LogP contribution in [0.4, 0.5) is 0 Å². The Morgan fingerprint density at radius 3 is 2.55 bits per heavy atom. The van der Waals surface area contributed by atoms with Crippen LogP contribution in [0, 0.1) is 0 Å². The van der Waals surface area contributed by atoms with Crippen LogP contribution in [0.1, 0.15) is 31.0 Å². The summed E-state index contributed by atoms with van der Waals surface area (Å²) in [7, 11) is 1.92. The molecule has 1 heterocycles. The quantitative estimate of drug-likeness (QED) is 0.796. The molecule has 1 aromatic heterocycles. The van der Waals surface area contributed by atoms with Crippen LogP contribution in [0.3, 0.4) is 0 Å². The Morgan fingerprint density at radius 2 is 2.00 bits per heavy atom. The smallest absolute Gasteiger partial charge is 0.185 e. The number of hydrogen-bond acceptors (Lipinski definition) is 4. The van der Waals surface area contributed by atoms with Gasteiger partial charge in [0.2, 0.25) is 0 Å². The van der Waals surface area contributed by atoms with Crippen LogP contribution >= 0.6 is 11.8 Å². The van der Waals surface area contributed by atoms with Gasteiger partial charge in [-0.2, -0.15) is 5.10 Å². The van der Waals surface area contributed by atoms with Gasteiger partial charge >= 0.3 is 0 Å². The van der Waals surface area contributed by atoms with Crippen LogP contribution < -0.4 is 5.32 Å². The molecule has 0 aliphatic rings. The maximum absolute atomic E-state index is 4.26. The summed E-state index contributed by atoms with van der Waals surface area (Å²) in [5, 5.41) is 8.60. The van der Waals surface area contributed by atoms with Crippen molar-refractivity contribution < 1.29 is 0 Å². The number of benzene rings is 1. The molecule has 0 radical (unpaired) electrons. The second-order valence-corrected chi connectivity index (χ2v) is 5.67. The van der Waals surface area contributed by atoms with Crippen molar-refractivity contribution in [3.63, 3.8) is 0 Å². The first-order valence-electron chi connectivity index (χ1n) is 7.03. The van der Waals surface area contributed by atoms with Gasteiger partial charge in [-0.1, -0.05) is 49.9 Å². The lowest BCUT2D eigenvalue weighted by Gasteiger charge is -2.18. The van der Waals surface area contributed by atoms with Crippen molar-refractivity contribution in [1.29, 1.82) is 0 Å². The summed E-state index contributed by atoms with van der Waals surface area (Å²) in [5.41, 5.74) is 2.71. The van der Waals surface area contributed by atoms with Gasteiger partial charge in [0.1, 0.15) is 6.33 Å². The highest BCUT2D eigenvalue weighted by Crippen LogP contribution is 2.23. The highest BCUT2D eigenvalue weighted by molar-refractivity contribution is 7.99. The second kappa shape index (κ2) is 7.45. The minimum atomic E-state index is 0.340. The molecule has 0 saturated heterocycles. The summed E-state index contributed by atoms with van der Waals surface area (Å²) >= 11 is 1.73. The minimum Gasteiger partial charge on any atom is -0.309 e. The van der Waals surface area contributed by atoms with E-state index in [1.165, 1.54) is 11.1 Å².